The minimum Gasteiger partial charge on any atom is -0.356 e. The van der Waals surface area contributed by atoms with Crippen molar-refractivity contribution in [2.45, 2.75) is 37.6 Å². The van der Waals surface area contributed by atoms with E-state index in [1.54, 1.807) is 12.1 Å². The van der Waals surface area contributed by atoms with E-state index < -0.39 is 0 Å². The topological polar surface area (TPSA) is 55.1 Å². The summed E-state index contributed by atoms with van der Waals surface area (Å²) in [4.78, 5) is 11.7. The summed E-state index contributed by atoms with van der Waals surface area (Å²) in [6.07, 6.45) is 4.14. The molecule has 1 aliphatic carbocycles. The molecule has 0 unspecified atom stereocenters. The summed E-state index contributed by atoms with van der Waals surface area (Å²) in [6.45, 7) is 0.566. The van der Waals surface area contributed by atoms with Crippen molar-refractivity contribution in [3.8, 4) is 0 Å². The molecular weight excluding hydrogens is 283 g/mol. The van der Waals surface area contributed by atoms with Gasteiger partial charge < -0.3 is 11.1 Å². The Morgan fingerprint density at radius 3 is 2.68 bits per heavy atom. The third-order valence-corrected chi connectivity index (χ3v) is 4.18. The van der Waals surface area contributed by atoms with Crippen LogP contribution in [0.15, 0.2) is 18.2 Å². The van der Waals surface area contributed by atoms with E-state index in [0.717, 1.165) is 24.8 Å². The van der Waals surface area contributed by atoms with Crippen molar-refractivity contribution >= 4 is 29.1 Å². The number of carbonyl (C=O) groups excluding carboxylic acids is 1. The SMILES string of the molecule is NC1(CC(=O)NCCc2ccc(Cl)cc2Cl)CCC1. The molecule has 0 radical (unpaired) electrons. The molecule has 0 saturated heterocycles. The molecule has 3 N–H and O–H groups in total. The molecule has 0 spiro atoms. The summed E-state index contributed by atoms with van der Waals surface area (Å²) >= 11 is 11.9. The molecule has 1 saturated carbocycles. The summed E-state index contributed by atoms with van der Waals surface area (Å²) < 4.78 is 0. The van der Waals surface area contributed by atoms with E-state index in [9.17, 15) is 4.79 Å². The average Bonchev–Trinajstić information content (AvgIpc) is 2.30. The molecule has 0 aromatic heterocycles. The van der Waals surface area contributed by atoms with Gasteiger partial charge in [0, 0.05) is 28.5 Å². The molecule has 1 aromatic carbocycles. The van der Waals surface area contributed by atoms with Crippen LogP contribution in [0.2, 0.25) is 10.0 Å². The van der Waals surface area contributed by atoms with Crippen LogP contribution < -0.4 is 11.1 Å². The molecule has 0 atom stereocenters. The van der Waals surface area contributed by atoms with Crippen LogP contribution in [0.4, 0.5) is 0 Å². The van der Waals surface area contributed by atoms with Crippen LogP contribution in [-0.4, -0.2) is 18.0 Å². The van der Waals surface area contributed by atoms with Crippen molar-refractivity contribution in [1.29, 1.82) is 0 Å². The third-order valence-electron chi connectivity index (χ3n) is 3.59. The second-order valence-corrected chi connectivity index (χ2v) is 6.07. The lowest BCUT2D eigenvalue weighted by atomic mass is 9.75. The van der Waals surface area contributed by atoms with Crippen molar-refractivity contribution in [3.63, 3.8) is 0 Å². The lowest BCUT2D eigenvalue weighted by Crippen LogP contribution is -2.50. The predicted octanol–water partition coefficient (Wildman–Crippen LogP) is 2.92. The van der Waals surface area contributed by atoms with Crippen LogP contribution in [0, 0.1) is 0 Å². The van der Waals surface area contributed by atoms with Crippen LogP contribution >= 0.6 is 23.2 Å². The Bertz CT molecular complexity index is 473. The fraction of sp³-hybridized carbons (Fsp3) is 0.500. The van der Waals surface area contributed by atoms with Crippen molar-refractivity contribution in [2.75, 3.05) is 6.54 Å². The van der Waals surface area contributed by atoms with Crippen molar-refractivity contribution in [3.05, 3.63) is 33.8 Å². The maximum absolute atomic E-state index is 11.7. The summed E-state index contributed by atoms with van der Waals surface area (Å²) in [5.74, 6) is 0.0206. The smallest absolute Gasteiger partial charge is 0.221 e. The number of rotatable bonds is 5. The number of halogens is 2. The first-order valence-electron chi connectivity index (χ1n) is 6.48. The molecule has 3 nitrogen and oxygen atoms in total. The van der Waals surface area contributed by atoms with E-state index in [1.165, 1.54) is 0 Å². The number of amides is 1. The van der Waals surface area contributed by atoms with Crippen LogP contribution in [-0.2, 0) is 11.2 Å². The molecule has 1 fully saturated rings. The van der Waals surface area contributed by atoms with Crippen molar-refractivity contribution in [1.82, 2.24) is 5.32 Å². The Labute approximate surface area is 123 Å². The molecule has 104 valence electrons. The summed E-state index contributed by atoms with van der Waals surface area (Å²) in [5.41, 5.74) is 6.75. The number of nitrogens with two attached hydrogens (primary N) is 1. The standard InChI is InChI=1S/C14H18Cl2N2O/c15-11-3-2-10(12(16)8-11)4-7-18-13(19)9-14(17)5-1-6-14/h2-3,8H,1,4-7,9,17H2,(H,18,19). The van der Waals surface area contributed by atoms with E-state index in [2.05, 4.69) is 5.32 Å². The first-order valence-corrected chi connectivity index (χ1v) is 7.24. The minimum absolute atomic E-state index is 0.0206. The molecule has 0 heterocycles. The van der Waals surface area contributed by atoms with Gasteiger partial charge in [-0.2, -0.15) is 0 Å². The van der Waals surface area contributed by atoms with Crippen LogP contribution in [0.1, 0.15) is 31.2 Å². The quantitative estimate of drug-likeness (QED) is 0.878. The Balaban J connectivity index is 1.75. The Kier molecular flexibility index (Phi) is 4.71. The largest absolute Gasteiger partial charge is 0.356 e. The van der Waals surface area contributed by atoms with Gasteiger partial charge in [-0.3, -0.25) is 4.79 Å². The first kappa shape index (κ1) is 14.6. The van der Waals surface area contributed by atoms with E-state index in [-0.39, 0.29) is 11.4 Å². The Morgan fingerprint density at radius 2 is 2.11 bits per heavy atom. The van der Waals surface area contributed by atoms with Gasteiger partial charge in [0.15, 0.2) is 0 Å². The Morgan fingerprint density at radius 1 is 1.37 bits per heavy atom. The normalized spacial score (nSPS) is 16.8. The monoisotopic (exact) mass is 300 g/mol. The number of benzene rings is 1. The van der Waals surface area contributed by atoms with Gasteiger partial charge in [0.1, 0.15) is 0 Å². The predicted molar refractivity (Wildman–Crippen MR) is 78.6 cm³/mol. The summed E-state index contributed by atoms with van der Waals surface area (Å²) in [7, 11) is 0. The fourth-order valence-corrected chi connectivity index (χ4v) is 2.75. The first-order chi connectivity index (χ1) is 8.98. The third kappa shape index (κ3) is 4.10. The summed E-state index contributed by atoms with van der Waals surface area (Å²) in [5, 5.41) is 4.14. The van der Waals surface area contributed by atoms with Gasteiger partial charge in [0.2, 0.25) is 5.91 Å². The van der Waals surface area contributed by atoms with Gasteiger partial charge >= 0.3 is 0 Å². The second-order valence-electron chi connectivity index (χ2n) is 5.23. The minimum atomic E-state index is -0.262. The number of nitrogens with one attached hydrogen (secondary N) is 1. The molecule has 2 rings (SSSR count). The molecule has 19 heavy (non-hydrogen) atoms. The molecule has 0 bridgehead atoms. The Hall–Kier alpha value is -0.770. The van der Waals surface area contributed by atoms with E-state index in [4.69, 9.17) is 28.9 Å². The molecule has 1 aromatic rings. The molecular formula is C14H18Cl2N2O. The van der Waals surface area contributed by atoms with Crippen molar-refractivity contribution < 1.29 is 4.79 Å². The molecule has 1 amide bonds. The zero-order chi connectivity index (χ0) is 13.9. The summed E-state index contributed by atoms with van der Waals surface area (Å²) in [6, 6.07) is 5.39. The highest BCUT2D eigenvalue weighted by Crippen LogP contribution is 2.31. The second kappa shape index (κ2) is 6.12. The lowest BCUT2D eigenvalue weighted by molar-refractivity contribution is -0.122. The maximum Gasteiger partial charge on any atom is 0.221 e. The van der Waals surface area contributed by atoms with Gasteiger partial charge in [0.25, 0.3) is 0 Å². The molecule has 5 heteroatoms. The van der Waals surface area contributed by atoms with E-state index in [1.807, 2.05) is 6.07 Å². The fourth-order valence-electron chi connectivity index (χ4n) is 2.25. The maximum atomic E-state index is 11.7. The number of hydrogen-bond acceptors (Lipinski definition) is 2. The number of hydrogen-bond donors (Lipinski definition) is 2. The lowest BCUT2D eigenvalue weighted by Gasteiger charge is -2.37. The van der Waals surface area contributed by atoms with Gasteiger partial charge in [-0.05, 0) is 43.4 Å². The number of carbonyl (C=O) groups is 1. The van der Waals surface area contributed by atoms with Gasteiger partial charge in [0.05, 0.1) is 0 Å². The zero-order valence-corrected chi connectivity index (χ0v) is 12.2. The molecule has 1 aliphatic rings. The van der Waals surface area contributed by atoms with Gasteiger partial charge in [-0.15, -0.1) is 0 Å². The van der Waals surface area contributed by atoms with Crippen molar-refractivity contribution in [2.24, 2.45) is 5.73 Å². The van der Waals surface area contributed by atoms with Gasteiger partial charge in [-0.25, -0.2) is 0 Å². The highest BCUT2D eigenvalue weighted by atomic mass is 35.5. The van der Waals surface area contributed by atoms with E-state index in [0.29, 0.717) is 29.4 Å². The van der Waals surface area contributed by atoms with Gasteiger partial charge in [-0.1, -0.05) is 29.3 Å². The van der Waals surface area contributed by atoms with Crippen LogP contribution in [0.3, 0.4) is 0 Å². The van der Waals surface area contributed by atoms with Crippen LogP contribution in [0.25, 0.3) is 0 Å². The highest BCUT2D eigenvalue weighted by Gasteiger charge is 2.34. The highest BCUT2D eigenvalue weighted by molar-refractivity contribution is 6.35. The zero-order valence-electron chi connectivity index (χ0n) is 10.7. The average molecular weight is 301 g/mol. The molecule has 0 aliphatic heterocycles. The van der Waals surface area contributed by atoms with Crippen LogP contribution in [0.5, 0.6) is 0 Å². The van der Waals surface area contributed by atoms with E-state index >= 15 is 0 Å².